The Morgan fingerprint density at radius 1 is 0.559 bits per heavy atom. The van der Waals surface area contributed by atoms with E-state index < -0.39 is 35.7 Å². The molecule has 1 aliphatic rings. The van der Waals surface area contributed by atoms with Crippen molar-refractivity contribution in [2.75, 3.05) is 0 Å². The highest BCUT2D eigenvalue weighted by molar-refractivity contribution is 5.93. The Labute approximate surface area is 203 Å². The maximum atomic E-state index is 11.0. The van der Waals surface area contributed by atoms with E-state index >= 15 is 0 Å². The van der Waals surface area contributed by atoms with Gasteiger partial charge in [0.1, 0.15) is 0 Å². The van der Waals surface area contributed by atoms with Gasteiger partial charge in [-0.15, -0.1) is 0 Å². The van der Waals surface area contributed by atoms with E-state index in [4.69, 9.17) is 20.4 Å². The first-order chi connectivity index (χ1) is 16.1. The van der Waals surface area contributed by atoms with E-state index in [2.05, 4.69) is 13.8 Å². The fraction of sp³-hybridized carbons (Fsp3) is 0.846. The topological polar surface area (TPSA) is 149 Å². The van der Waals surface area contributed by atoms with E-state index in [0.717, 1.165) is 51.4 Å². The summed E-state index contributed by atoms with van der Waals surface area (Å²) < 4.78 is 0. The lowest BCUT2D eigenvalue weighted by Gasteiger charge is -2.41. The SMILES string of the molecule is CC1CCC(C)C(CCCCCCC(C(=O)O)C(=O)O)C1CCCCCCC(C(=O)O)C(=O)O. The second-order valence-electron chi connectivity index (χ2n) is 10.3. The molecule has 4 atom stereocenters. The number of unbranched alkanes of at least 4 members (excludes halogenated alkanes) is 6. The third-order valence-corrected chi connectivity index (χ3v) is 7.84. The van der Waals surface area contributed by atoms with E-state index in [1.54, 1.807) is 0 Å². The van der Waals surface area contributed by atoms with Crippen molar-refractivity contribution < 1.29 is 39.6 Å². The van der Waals surface area contributed by atoms with Gasteiger partial charge in [-0.25, -0.2) is 0 Å². The van der Waals surface area contributed by atoms with Crippen molar-refractivity contribution in [3.8, 4) is 0 Å². The zero-order valence-corrected chi connectivity index (χ0v) is 20.8. The molecule has 0 radical (unpaired) electrons. The predicted octanol–water partition coefficient (Wildman–Crippen LogP) is 5.54. The molecule has 0 heterocycles. The van der Waals surface area contributed by atoms with E-state index in [9.17, 15) is 19.2 Å². The van der Waals surface area contributed by atoms with Crippen molar-refractivity contribution >= 4 is 23.9 Å². The van der Waals surface area contributed by atoms with E-state index in [1.165, 1.54) is 12.8 Å². The van der Waals surface area contributed by atoms with Gasteiger partial charge in [0.25, 0.3) is 0 Å². The maximum absolute atomic E-state index is 11.0. The largest absolute Gasteiger partial charge is 0.481 e. The standard InChI is InChI=1S/C26H44O8/c1-17-15-16-18(2)20(12-8-4-6-10-14-22(25(31)32)26(33)34)19(17)11-7-3-5-9-13-21(23(27)28)24(29)30/h17-22H,3-16H2,1-2H3,(H,27,28)(H,29,30)(H,31,32)(H,33,34). The first-order valence-corrected chi connectivity index (χ1v) is 13.0. The highest BCUT2D eigenvalue weighted by atomic mass is 16.4. The zero-order valence-electron chi connectivity index (χ0n) is 20.8. The average Bonchev–Trinajstić information content (AvgIpc) is 2.74. The van der Waals surface area contributed by atoms with Gasteiger partial charge in [0, 0.05) is 0 Å². The van der Waals surface area contributed by atoms with Crippen molar-refractivity contribution in [2.24, 2.45) is 35.5 Å². The number of hydrogen-bond acceptors (Lipinski definition) is 4. The van der Waals surface area contributed by atoms with Crippen LogP contribution < -0.4 is 0 Å². The summed E-state index contributed by atoms with van der Waals surface area (Å²) in [6, 6.07) is 0. The van der Waals surface area contributed by atoms with Gasteiger partial charge >= 0.3 is 23.9 Å². The smallest absolute Gasteiger partial charge is 0.317 e. The van der Waals surface area contributed by atoms with E-state index in [-0.39, 0.29) is 12.8 Å². The van der Waals surface area contributed by atoms with Crippen LogP contribution >= 0.6 is 0 Å². The van der Waals surface area contributed by atoms with Crippen molar-refractivity contribution in [1.29, 1.82) is 0 Å². The molecule has 0 amide bonds. The molecule has 0 bridgehead atoms. The summed E-state index contributed by atoms with van der Waals surface area (Å²) in [5.41, 5.74) is 0. The fourth-order valence-electron chi connectivity index (χ4n) is 5.66. The molecule has 8 nitrogen and oxygen atoms in total. The lowest BCUT2D eigenvalue weighted by Crippen LogP contribution is -2.32. The van der Waals surface area contributed by atoms with Gasteiger partial charge in [-0.05, 0) is 49.4 Å². The third-order valence-electron chi connectivity index (χ3n) is 7.84. The Morgan fingerprint density at radius 3 is 1.15 bits per heavy atom. The molecule has 34 heavy (non-hydrogen) atoms. The Balaban J connectivity index is 2.36. The first kappa shape index (κ1) is 29.9. The molecule has 4 N–H and O–H groups in total. The van der Waals surface area contributed by atoms with Crippen LogP contribution in [0.2, 0.25) is 0 Å². The molecule has 0 aromatic rings. The highest BCUT2D eigenvalue weighted by Gasteiger charge is 2.34. The molecule has 1 saturated carbocycles. The fourth-order valence-corrected chi connectivity index (χ4v) is 5.66. The molecular weight excluding hydrogens is 440 g/mol. The zero-order chi connectivity index (χ0) is 25.7. The molecule has 0 aromatic carbocycles. The average molecular weight is 485 g/mol. The Bertz CT molecular complexity index is 577. The lowest BCUT2D eigenvalue weighted by molar-refractivity contribution is -0.156. The first-order valence-electron chi connectivity index (χ1n) is 13.0. The summed E-state index contributed by atoms with van der Waals surface area (Å²) in [7, 11) is 0. The predicted molar refractivity (Wildman–Crippen MR) is 127 cm³/mol. The second-order valence-corrected chi connectivity index (χ2v) is 10.3. The summed E-state index contributed by atoms with van der Waals surface area (Å²) in [5.74, 6) is -4.96. The number of rotatable bonds is 18. The molecule has 0 aliphatic heterocycles. The number of aliphatic carboxylic acids is 4. The minimum absolute atomic E-state index is 0.184. The summed E-state index contributed by atoms with van der Waals surface area (Å²) in [5, 5.41) is 35.8. The molecule has 196 valence electrons. The van der Waals surface area contributed by atoms with Crippen LogP contribution in [0.3, 0.4) is 0 Å². The number of carboxylic acid groups (broad SMARTS) is 4. The summed E-state index contributed by atoms with van der Waals surface area (Å²) in [6.07, 6.45) is 12.2. The molecule has 4 unspecified atom stereocenters. The minimum Gasteiger partial charge on any atom is -0.481 e. The monoisotopic (exact) mass is 484 g/mol. The van der Waals surface area contributed by atoms with Crippen LogP contribution in [0.4, 0.5) is 0 Å². The maximum Gasteiger partial charge on any atom is 0.317 e. The van der Waals surface area contributed by atoms with Crippen LogP contribution in [0.15, 0.2) is 0 Å². The van der Waals surface area contributed by atoms with Crippen LogP contribution in [0.25, 0.3) is 0 Å². The van der Waals surface area contributed by atoms with Crippen LogP contribution in [-0.2, 0) is 19.2 Å². The van der Waals surface area contributed by atoms with Gasteiger partial charge in [-0.2, -0.15) is 0 Å². The summed E-state index contributed by atoms with van der Waals surface area (Å²) in [4.78, 5) is 43.9. The molecule has 1 rings (SSSR count). The van der Waals surface area contributed by atoms with Crippen molar-refractivity contribution in [3.63, 3.8) is 0 Å². The minimum atomic E-state index is -1.30. The molecule has 1 fully saturated rings. The molecule has 1 aliphatic carbocycles. The number of hydrogen-bond donors (Lipinski definition) is 4. The molecule has 0 saturated heterocycles. The van der Waals surface area contributed by atoms with Crippen molar-refractivity contribution in [3.05, 3.63) is 0 Å². The van der Waals surface area contributed by atoms with E-state index in [1.807, 2.05) is 0 Å². The molecule has 8 heteroatoms. The highest BCUT2D eigenvalue weighted by Crippen LogP contribution is 2.43. The van der Waals surface area contributed by atoms with E-state index in [0.29, 0.717) is 36.5 Å². The van der Waals surface area contributed by atoms with Gasteiger partial charge in [0.15, 0.2) is 11.8 Å². The Morgan fingerprint density at radius 2 is 0.853 bits per heavy atom. The quantitative estimate of drug-likeness (QED) is 0.146. The van der Waals surface area contributed by atoms with Gasteiger partial charge in [-0.3, -0.25) is 19.2 Å². The number of carbonyl (C=O) groups is 4. The Hall–Kier alpha value is -2.12. The van der Waals surface area contributed by atoms with Gasteiger partial charge in [-0.1, -0.05) is 78.1 Å². The second kappa shape index (κ2) is 15.7. The lowest BCUT2D eigenvalue weighted by atomic mass is 9.64. The van der Waals surface area contributed by atoms with Crippen LogP contribution in [0.5, 0.6) is 0 Å². The number of carboxylic acids is 4. The van der Waals surface area contributed by atoms with Crippen LogP contribution in [-0.4, -0.2) is 44.3 Å². The summed E-state index contributed by atoms with van der Waals surface area (Å²) >= 11 is 0. The van der Waals surface area contributed by atoms with Gasteiger partial charge in [0.2, 0.25) is 0 Å². The molecule has 0 spiro atoms. The normalized spacial score (nSPS) is 22.7. The third kappa shape index (κ3) is 10.4. The van der Waals surface area contributed by atoms with Crippen LogP contribution in [0.1, 0.15) is 104 Å². The summed E-state index contributed by atoms with van der Waals surface area (Å²) in [6.45, 7) is 4.68. The van der Waals surface area contributed by atoms with Crippen molar-refractivity contribution in [1.82, 2.24) is 0 Å². The van der Waals surface area contributed by atoms with Gasteiger partial charge in [0.05, 0.1) is 0 Å². The van der Waals surface area contributed by atoms with Gasteiger partial charge < -0.3 is 20.4 Å². The molecule has 0 aromatic heterocycles. The molecular formula is C26H44O8. The Kier molecular flexibility index (Phi) is 13.8. The van der Waals surface area contributed by atoms with Crippen LogP contribution in [0, 0.1) is 35.5 Å². The van der Waals surface area contributed by atoms with Crippen molar-refractivity contribution in [2.45, 2.75) is 104 Å².